The number of ether oxygens (including phenoxy) is 2. The van der Waals surface area contributed by atoms with Crippen molar-refractivity contribution in [1.29, 1.82) is 0 Å². The molecule has 27 heavy (non-hydrogen) atoms. The molecule has 2 aromatic rings. The fourth-order valence-corrected chi connectivity index (χ4v) is 3.74. The summed E-state index contributed by atoms with van der Waals surface area (Å²) >= 11 is 5.95. The number of hydrogen-bond acceptors (Lipinski definition) is 5. The lowest BCUT2D eigenvalue weighted by Gasteiger charge is -2.36. The second kappa shape index (κ2) is 7.78. The van der Waals surface area contributed by atoms with Crippen molar-refractivity contribution in [3.63, 3.8) is 0 Å². The number of halogens is 1. The van der Waals surface area contributed by atoms with Gasteiger partial charge in [0.25, 0.3) is 0 Å². The van der Waals surface area contributed by atoms with E-state index in [1.54, 1.807) is 17.1 Å². The third kappa shape index (κ3) is 3.89. The molecule has 1 fully saturated rings. The summed E-state index contributed by atoms with van der Waals surface area (Å²) in [5, 5.41) is 4.76. The van der Waals surface area contributed by atoms with E-state index in [4.69, 9.17) is 21.1 Å². The maximum atomic E-state index is 12.9. The molecule has 1 atom stereocenters. The normalized spacial score (nSPS) is 17.9. The average Bonchev–Trinajstić information content (AvgIpc) is 3.31. The van der Waals surface area contributed by atoms with Gasteiger partial charge in [0.05, 0.1) is 11.2 Å². The average molecular weight is 391 g/mol. The predicted molar refractivity (Wildman–Crippen MR) is 101 cm³/mol. The summed E-state index contributed by atoms with van der Waals surface area (Å²) in [5.41, 5.74) is 1.19. The Morgan fingerprint density at radius 2 is 2.00 bits per heavy atom. The van der Waals surface area contributed by atoms with Crippen LogP contribution in [0.15, 0.2) is 30.6 Å². The van der Waals surface area contributed by atoms with E-state index in [0.717, 1.165) is 44.2 Å². The number of carbonyl (C=O) groups is 1. The molecule has 2 aliphatic heterocycles. The first-order valence-corrected chi connectivity index (χ1v) is 9.61. The highest BCUT2D eigenvalue weighted by atomic mass is 35.5. The van der Waals surface area contributed by atoms with Gasteiger partial charge in [0.15, 0.2) is 11.5 Å². The molecule has 1 saturated heterocycles. The van der Waals surface area contributed by atoms with Gasteiger partial charge in [0.1, 0.15) is 6.04 Å². The van der Waals surface area contributed by atoms with Crippen LogP contribution in [-0.2, 0) is 11.3 Å². The molecule has 1 aromatic carbocycles. The van der Waals surface area contributed by atoms with Crippen LogP contribution >= 0.6 is 11.6 Å². The van der Waals surface area contributed by atoms with Gasteiger partial charge in [0.2, 0.25) is 12.7 Å². The molecule has 144 valence electrons. The van der Waals surface area contributed by atoms with Crippen LogP contribution in [0.4, 0.5) is 0 Å². The van der Waals surface area contributed by atoms with Crippen molar-refractivity contribution >= 4 is 17.5 Å². The smallest absolute Gasteiger partial charge is 0.247 e. The highest BCUT2D eigenvalue weighted by Gasteiger charge is 2.28. The number of benzene rings is 1. The molecular formula is C19H23ClN4O3. The molecule has 0 saturated carbocycles. The van der Waals surface area contributed by atoms with Crippen molar-refractivity contribution < 1.29 is 14.3 Å². The molecule has 0 aliphatic carbocycles. The van der Waals surface area contributed by atoms with Crippen LogP contribution in [0.3, 0.4) is 0 Å². The zero-order valence-corrected chi connectivity index (χ0v) is 16.1. The summed E-state index contributed by atoms with van der Waals surface area (Å²) < 4.78 is 12.5. The molecule has 7 nitrogen and oxygen atoms in total. The first-order chi connectivity index (χ1) is 13.1. The topological polar surface area (TPSA) is 59.8 Å². The van der Waals surface area contributed by atoms with Gasteiger partial charge in [0, 0.05) is 38.9 Å². The predicted octanol–water partition coefficient (Wildman–Crippen LogP) is 2.56. The molecule has 0 radical (unpaired) electrons. The lowest BCUT2D eigenvalue weighted by atomic mass is 10.1. The summed E-state index contributed by atoms with van der Waals surface area (Å²) in [4.78, 5) is 17.2. The fraction of sp³-hybridized carbons (Fsp3) is 0.474. The van der Waals surface area contributed by atoms with Gasteiger partial charge in [-0.25, -0.2) is 0 Å². The summed E-state index contributed by atoms with van der Waals surface area (Å²) in [5.74, 6) is 1.73. The standard InChI is InChI=1S/C19H23ClN4O3/c1-2-16(24-12-15(20)10-21-24)19(25)23-7-5-22(6-8-23)11-14-3-4-17-18(9-14)27-13-26-17/h3-4,9-10,12,16H,2,5-8,11,13H2,1H3. The second-order valence-electron chi connectivity index (χ2n) is 6.85. The Kier molecular flexibility index (Phi) is 5.22. The Balaban J connectivity index is 1.33. The Morgan fingerprint density at radius 1 is 1.22 bits per heavy atom. The van der Waals surface area contributed by atoms with E-state index >= 15 is 0 Å². The van der Waals surface area contributed by atoms with Crippen LogP contribution in [0.1, 0.15) is 24.9 Å². The quantitative estimate of drug-likeness (QED) is 0.785. The molecule has 3 heterocycles. The van der Waals surface area contributed by atoms with E-state index in [-0.39, 0.29) is 11.9 Å². The molecule has 8 heteroatoms. The third-order valence-corrected chi connectivity index (χ3v) is 5.28. The second-order valence-corrected chi connectivity index (χ2v) is 7.29. The van der Waals surface area contributed by atoms with Gasteiger partial charge in [-0.3, -0.25) is 14.4 Å². The minimum absolute atomic E-state index is 0.111. The van der Waals surface area contributed by atoms with Gasteiger partial charge in [-0.1, -0.05) is 24.6 Å². The molecule has 1 unspecified atom stereocenters. The van der Waals surface area contributed by atoms with Crippen molar-refractivity contribution in [3.8, 4) is 11.5 Å². The SMILES string of the molecule is CCC(C(=O)N1CCN(Cc2ccc3c(c2)OCO3)CC1)n1cc(Cl)cn1. The van der Waals surface area contributed by atoms with Gasteiger partial charge in [-0.15, -0.1) is 0 Å². The number of hydrogen-bond donors (Lipinski definition) is 0. The van der Waals surface area contributed by atoms with E-state index in [9.17, 15) is 4.79 Å². The molecule has 2 aliphatic rings. The van der Waals surface area contributed by atoms with E-state index in [1.807, 2.05) is 24.0 Å². The lowest BCUT2D eigenvalue weighted by Crippen LogP contribution is -2.50. The van der Waals surface area contributed by atoms with Crippen molar-refractivity contribution in [1.82, 2.24) is 19.6 Å². The fourth-order valence-electron chi connectivity index (χ4n) is 3.59. The number of rotatable bonds is 5. The monoisotopic (exact) mass is 390 g/mol. The highest BCUT2D eigenvalue weighted by molar-refractivity contribution is 6.30. The largest absolute Gasteiger partial charge is 0.454 e. The van der Waals surface area contributed by atoms with Crippen LogP contribution in [0.2, 0.25) is 5.02 Å². The Labute approximate surface area is 163 Å². The zero-order valence-electron chi connectivity index (χ0n) is 15.3. The molecular weight excluding hydrogens is 368 g/mol. The Bertz CT molecular complexity index is 817. The minimum Gasteiger partial charge on any atom is -0.454 e. The number of aromatic nitrogens is 2. The molecule has 0 bridgehead atoms. The molecule has 1 aromatic heterocycles. The van der Waals surface area contributed by atoms with Crippen LogP contribution in [0, 0.1) is 0 Å². The molecule has 1 amide bonds. The molecule has 4 rings (SSSR count). The van der Waals surface area contributed by atoms with Crippen LogP contribution in [0.25, 0.3) is 0 Å². The maximum absolute atomic E-state index is 12.9. The number of piperazine rings is 1. The van der Waals surface area contributed by atoms with Gasteiger partial charge >= 0.3 is 0 Å². The zero-order chi connectivity index (χ0) is 18.8. The van der Waals surface area contributed by atoms with E-state index in [2.05, 4.69) is 16.1 Å². The van der Waals surface area contributed by atoms with Crippen LogP contribution in [-0.4, -0.2) is 58.5 Å². The van der Waals surface area contributed by atoms with E-state index in [1.165, 1.54) is 5.56 Å². The first kappa shape index (κ1) is 18.1. The first-order valence-electron chi connectivity index (χ1n) is 9.23. The summed E-state index contributed by atoms with van der Waals surface area (Å²) in [6.07, 6.45) is 3.97. The number of nitrogens with zero attached hydrogens (tertiary/aromatic N) is 4. The summed E-state index contributed by atoms with van der Waals surface area (Å²) in [6, 6.07) is 5.77. The van der Waals surface area contributed by atoms with Crippen molar-refractivity contribution in [2.75, 3.05) is 33.0 Å². The van der Waals surface area contributed by atoms with Crippen molar-refractivity contribution in [2.24, 2.45) is 0 Å². The van der Waals surface area contributed by atoms with Crippen molar-refractivity contribution in [2.45, 2.75) is 25.9 Å². The van der Waals surface area contributed by atoms with Crippen molar-refractivity contribution in [3.05, 3.63) is 41.2 Å². The van der Waals surface area contributed by atoms with Gasteiger partial charge < -0.3 is 14.4 Å². The third-order valence-electron chi connectivity index (χ3n) is 5.09. The molecule has 0 spiro atoms. The molecule has 0 N–H and O–H groups in total. The van der Waals surface area contributed by atoms with Crippen LogP contribution in [0.5, 0.6) is 11.5 Å². The van der Waals surface area contributed by atoms with E-state index < -0.39 is 0 Å². The summed E-state index contributed by atoms with van der Waals surface area (Å²) in [7, 11) is 0. The Hall–Kier alpha value is -2.25. The van der Waals surface area contributed by atoms with E-state index in [0.29, 0.717) is 18.2 Å². The summed E-state index contributed by atoms with van der Waals surface area (Å²) in [6.45, 7) is 6.25. The van der Waals surface area contributed by atoms with Crippen LogP contribution < -0.4 is 9.47 Å². The number of carbonyl (C=O) groups excluding carboxylic acids is 1. The maximum Gasteiger partial charge on any atom is 0.247 e. The Morgan fingerprint density at radius 3 is 2.70 bits per heavy atom. The highest BCUT2D eigenvalue weighted by Crippen LogP contribution is 2.32. The van der Waals surface area contributed by atoms with Gasteiger partial charge in [-0.05, 0) is 24.1 Å². The number of amides is 1. The van der Waals surface area contributed by atoms with Gasteiger partial charge in [-0.2, -0.15) is 5.10 Å². The minimum atomic E-state index is -0.294. The number of fused-ring (bicyclic) bond motifs is 1. The lowest BCUT2D eigenvalue weighted by molar-refractivity contribution is -0.137.